The van der Waals surface area contributed by atoms with E-state index in [1.165, 1.54) is 6.42 Å². The van der Waals surface area contributed by atoms with Gasteiger partial charge >= 0.3 is 0 Å². The van der Waals surface area contributed by atoms with Crippen molar-refractivity contribution in [3.63, 3.8) is 0 Å². The summed E-state index contributed by atoms with van der Waals surface area (Å²) in [5.74, 6) is 2.82. The van der Waals surface area contributed by atoms with Crippen LogP contribution in [-0.2, 0) is 16.1 Å². The van der Waals surface area contributed by atoms with Gasteiger partial charge in [0.2, 0.25) is 5.91 Å². The number of carbonyl (C=O) groups is 1. The number of hydrogen-bond donors (Lipinski definition) is 0. The van der Waals surface area contributed by atoms with E-state index < -0.39 is 0 Å². The van der Waals surface area contributed by atoms with E-state index in [2.05, 4.69) is 15.9 Å². The molecule has 0 aliphatic carbocycles. The lowest BCUT2D eigenvalue weighted by molar-refractivity contribution is -0.145. The van der Waals surface area contributed by atoms with Gasteiger partial charge in [0.05, 0.1) is 18.7 Å². The number of amides is 1. The van der Waals surface area contributed by atoms with Gasteiger partial charge in [-0.05, 0) is 44.2 Å². The number of piperidine rings is 1. The van der Waals surface area contributed by atoms with Gasteiger partial charge < -0.3 is 14.1 Å². The van der Waals surface area contributed by atoms with Gasteiger partial charge in [0.1, 0.15) is 11.5 Å². The van der Waals surface area contributed by atoms with Gasteiger partial charge in [0, 0.05) is 32.7 Å². The molecule has 5 nitrogen and oxygen atoms in total. The van der Waals surface area contributed by atoms with Crippen LogP contribution in [0.4, 0.5) is 0 Å². The van der Waals surface area contributed by atoms with E-state index in [-0.39, 0.29) is 12.1 Å². The Balaban J connectivity index is 1.52. The number of carbonyl (C=O) groups excluding carboxylic acids is 1. The van der Waals surface area contributed by atoms with Crippen molar-refractivity contribution in [1.29, 1.82) is 0 Å². The standard InChI is InChI=1S/C18H26N2O3/c1-13-6-7-15(23-13)11-19-10-14-4-3-9-22-18(14)16(12-19)20-8-2-5-17(20)21/h6-7,14,16,18H,2-5,8-12H2,1H3/t14-,16-,18-/m1/s1. The van der Waals surface area contributed by atoms with Crippen LogP contribution in [0.15, 0.2) is 16.5 Å². The lowest BCUT2D eigenvalue weighted by Crippen LogP contribution is -2.61. The van der Waals surface area contributed by atoms with Crippen LogP contribution in [0.25, 0.3) is 0 Å². The van der Waals surface area contributed by atoms with Crippen molar-refractivity contribution in [1.82, 2.24) is 9.80 Å². The molecular formula is C18H26N2O3. The zero-order valence-electron chi connectivity index (χ0n) is 13.9. The summed E-state index contributed by atoms with van der Waals surface area (Å²) >= 11 is 0. The molecule has 3 aliphatic heterocycles. The second-order valence-electron chi connectivity index (χ2n) is 7.20. The maximum absolute atomic E-state index is 12.2. The smallest absolute Gasteiger partial charge is 0.223 e. The Morgan fingerprint density at radius 2 is 2.17 bits per heavy atom. The fourth-order valence-corrected chi connectivity index (χ4v) is 4.48. The molecule has 0 radical (unpaired) electrons. The summed E-state index contributed by atoms with van der Waals surface area (Å²) in [4.78, 5) is 16.8. The Labute approximate surface area is 137 Å². The van der Waals surface area contributed by atoms with Gasteiger partial charge in [-0.3, -0.25) is 9.69 Å². The Bertz CT molecular complexity index is 570. The molecule has 1 amide bonds. The van der Waals surface area contributed by atoms with Gasteiger partial charge in [-0.15, -0.1) is 0 Å². The average Bonchev–Trinajstić information content (AvgIpc) is 3.15. The summed E-state index contributed by atoms with van der Waals surface area (Å²) in [5.41, 5.74) is 0. The van der Waals surface area contributed by atoms with Crippen molar-refractivity contribution in [2.75, 3.05) is 26.2 Å². The number of ether oxygens (including phenoxy) is 1. The number of nitrogens with zero attached hydrogens (tertiary/aromatic N) is 2. The van der Waals surface area contributed by atoms with E-state index in [9.17, 15) is 4.79 Å². The fourth-order valence-electron chi connectivity index (χ4n) is 4.48. The molecule has 0 bridgehead atoms. The minimum atomic E-state index is 0.208. The van der Waals surface area contributed by atoms with Crippen LogP contribution in [0, 0.1) is 12.8 Å². The number of likely N-dealkylation sites (tertiary alicyclic amines) is 2. The monoisotopic (exact) mass is 318 g/mol. The Kier molecular flexibility index (Phi) is 4.16. The molecule has 0 saturated carbocycles. The summed E-state index contributed by atoms with van der Waals surface area (Å²) < 4.78 is 11.9. The van der Waals surface area contributed by atoms with Gasteiger partial charge in [0.25, 0.3) is 0 Å². The molecule has 1 aromatic heterocycles. The molecule has 126 valence electrons. The molecule has 3 aliphatic rings. The maximum atomic E-state index is 12.2. The highest BCUT2D eigenvalue weighted by Gasteiger charge is 2.44. The highest BCUT2D eigenvalue weighted by Crippen LogP contribution is 2.33. The van der Waals surface area contributed by atoms with Crippen molar-refractivity contribution in [3.05, 3.63) is 23.7 Å². The summed E-state index contributed by atoms with van der Waals surface area (Å²) in [7, 11) is 0. The highest BCUT2D eigenvalue weighted by atomic mass is 16.5. The SMILES string of the molecule is Cc1ccc(CN2C[C@H]3CCCO[C@H]3[C@H](N3CCCC3=O)C2)o1. The van der Waals surface area contributed by atoms with Crippen LogP contribution < -0.4 is 0 Å². The predicted molar refractivity (Wildman–Crippen MR) is 85.9 cm³/mol. The highest BCUT2D eigenvalue weighted by molar-refractivity contribution is 5.78. The zero-order chi connectivity index (χ0) is 15.8. The van der Waals surface area contributed by atoms with Gasteiger partial charge in [-0.25, -0.2) is 0 Å². The molecule has 0 aromatic carbocycles. The normalized spacial score (nSPS) is 32.3. The molecule has 3 saturated heterocycles. The topological polar surface area (TPSA) is 45.9 Å². The largest absolute Gasteiger partial charge is 0.465 e. The molecular weight excluding hydrogens is 292 g/mol. The van der Waals surface area contributed by atoms with Crippen LogP contribution in [0.3, 0.4) is 0 Å². The van der Waals surface area contributed by atoms with Crippen LogP contribution in [0.2, 0.25) is 0 Å². The Morgan fingerprint density at radius 1 is 1.26 bits per heavy atom. The molecule has 3 fully saturated rings. The number of furan rings is 1. The third-order valence-corrected chi connectivity index (χ3v) is 5.50. The first kappa shape index (κ1) is 15.2. The van der Waals surface area contributed by atoms with Crippen LogP contribution in [-0.4, -0.2) is 54.1 Å². The molecule has 0 N–H and O–H groups in total. The van der Waals surface area contributed by atoms with E-state index in [0.29, 0.717) is 18.2 Å². The average molecular weight is 318 g/mol. The van der Waals surface area contributed by atoms with Crippen molar-refractivity contribution < 1.29 is 13.9 Å². The van der Waals surface area contributed by atoms with Crippen molar-refractivity contribution in [2.45, 2.75) is 51.3 Å². The lowest BCUT2D eigenvalue weighted by atomic mass is 9.84. The van der Waals surface area contributed by atoms with Crippen molar-refractivity contribution in [2.24, 2.45) is 5.92 Å². The third-order valence-electron chi connectivity index (χ3n) is 5.50. The number of fused-ring (bicyclic) bond motifs is 1. The summed E-state index contributed by atoms with van der Waals surface area (Å²) in [6.45, 7) is 6.49. The van der Waals surface area contributed by atoms with Crippen molar-refractivity contribution in [3.8, 4) is 0 Å². The quantitative estimate of drug-likeness (QED) is 0.857. The fraction of sp³-hybridized carbons (Fsp3) is 0.722. The van der Waals surface area contributed by atoms with E-state index in [1.54, 1.807) is 0 Å². The first-order valence-corrected chi connectivity index (χ1v) is 8.89. The number of rotatable bonds is 3. The second-order valence-corrected chi connectivity index (χ2v) is 7.20. The van der Waals surface area contributed by atoms with Crippen LogP contribution in [0.1, 0.15) is 37.2 Å². The van der Waals surface area contributed by atoms with Crippen LogP contribution in [0.5, 0.6) is 0 Å². The molecule has 5 heteroatoms. The predicted octanol–water partition coefficient (Wildman–Crippen LogP) is 2.19. The lowest BCUT2D eigenvalue weighted by Gasteiger charge is -2.48. The molecule has 0 unspecified atom stereocenters. The zero-order valence-corrected chi connectivity index (χ0v) is 13.9. The maximum Gasteiger partial charge on any atom is 0.223 e. The molecule has 4 rings (SSSR count). The molecule has 3 atom stereocenters. The van der Waals surface area contributed by atoms with Crippen molar-refractivity contribution >= 4 is 5.91 Å². The Morgan fingerprint density at radius 3 is 2.91 bits per heavy atom. The Hall–Kier alpha value is -1.33. The summed E-state index contributed by atoms with van der Waals surface area (Å²) in [6.07, 6.45) is 4.25. The third kappa shape index (κ3) is 3.04. The van der Waals surface area contributed by atoms with E-state index in [1.807, 2.05) is 13.0 Å². The minimum absolute atomic E-state index is 0.208. The van der Waals surface area contributed by atoms with E-state index >= 15 is 0 Å². The van der Waals surface area contributed by atoms with Crippen LogP contribution >= 0.6 is 0 Å². The van der Waals surface area contributed by atoms with Gasteiger partial charge in [-0.1, -0.05) is 0 Å². The number of hydrogen-bond acceptors (Lipinski definition) is 4. The molecule has 4 heterocycles. The first-order chi connectivity index (χ1) is 11.2. The second kappa shape index (κ2) is 6.29. The molecule has 0 spiro atoms. The summed E-state index contributed by atoms with van der Waals surface area (Å²) in [5, 5.41) is 0. The first-order valence-electron chi connectivity index (χ1n) is 8.89. The minimum Gasteiger partial charge on any atom is -0.465 e. The molecule has 23 heavy (non-hydrogen) atoms. The summed E-state index contributed by atoms with van der Waals surface area (Å²) in [6, 6.07) is 4.29. The number of aryl methyl sites for hydroxylation is 1. The molecule has 1 aromatic rings. The van der Waals surface area contributed by atoms with Gasteiger partial charge in [-0.2, -0.15) is 0 Å². The van der Waals surface area contributed by atoms with E-state index in [0.717, 1.165) is 57.1 Å². The van der Waals surface area contributed by atoms with E-state index in [4.69, 9.17) is 9.15 Å². The van der Waals surface area contributed by atoms with Gasteiger partial charge in [0.15, 0.2) is 0 Å².